The normalized spacial score (nSPS) is 12.2. The number of aromatic nitrogens is 2. The molecule has 6 nitrogen and oxygen atoms in total. The Hall–Kier alpha value is -2.05. The summed E-state index contributed by atoms with van der Waals surface area (Å²) in [5.41, 5.74) is 0.886. The lowest BCUT2D eigenvalue weighted by Gasteiger charge is -2.27. The van der Waals surface area contributed by atoms with Crippen molar-refractivity contribution in [3.8, 4) is 5.75 Å². The zero-order valence-corrected chi connectivity index (χ0v) is 15.0. The first-order valence-electron chi connectivity index (χ1n) is 7.78. The van der Waals surface area contributed by atoms with Gasteiger partial charge in [-0.25, -0.2) is 4.98 Å². The predicted octanol–water partition coefficient (Wildman–Crippen LogP) is 2.42. The van der Waals surface area contributed by atoms with Gasteiger partial charge in [-0.05, 0) is 39.2 Å². The number of carbonyl (C=O) groups excluding carboxylic acids is 1. The van der Waals surface area contributed by atoms with Crippen molar-refractivity contribution < 1.29 is 9.53 Å². The van der Waals surface area contributed by atoms with Gasteiger partial charge in [0.15, 0.2) is 6.10 Å². The van der Waals surface area contributed by atoms with E-state index in [1.165, 1.54) is 0 Å². The van der Waals surface area contributed by atoms with Crippen molar-refractivity contribution in [3.05, 3.63) is 47.5 Å². The summed E-state index contributed by atoms with van der Waals surface area (Å²) in [5, 5.41) is 0.578. The molecule has 0 aliphatic carbocycles. The van der Waals surface area contributed by atoms with E-state index in [1.54, 1.807) is 48.6 Å². The summed E-state index contributed by atoms with van der Waals surface area (Å²) in [6.45, 7) is 3.59. The van der Waals surface area contributed by atoms with E-state index >= 15 is 0 Å². The van der Waals surface area contributed by atoms with Gasteiger partial charge in [-0.2, -0.15) is 0 Å². The van der Waals surface area contributed by atoms with Crippen molar-refractivity contribution >= 4 is 17.5 Å². The molecule has 0 fully saturated rings. The summed E-state index contributed by atoms with van der Waals surface area (Å²) in [7, 11) is 3.95. The molecule has 0 bridgehead atoms. The molecule has 0 radical (unpaired) electrons. The fourth-order valence-corrected chi connectivity index (χ4v) is 2.40. The van der Waals surface area contributed by atoms with Gasteiger partial charge in [0.05, 0.1) is 18.6 Å². The smallest absolute Gasteiger partial charge is 0.263 e. The van der Waals surface area contributed by atoms with Gasteiger partial charge in [0, 0.05) is 24.3 Å². The lowest BCUT2D eigenvalue weighted by atomic mass is 10.3. The SMILES string of the molecule is CC(Oc1cccc(Cl)c1)C(=O)N(CCN(C)C)Cc1cnc[nH]1. The molecule has 1 aromatic carbocycles. The van der Waals surface area contributed by atoms with Crippen molar-refractivity contribution in [2.24, 2.45) is 0 Å². The van der Waals surface area contributed by atoms with Crippen LogP contribution in [0, 0.1) is 0 Å². The first kappa shape index (κ1) is 18.3. The molecule has 1 amide bonds. The van der Waals surface area contributed by atoms with E-state index in [2.05, 4.69) is 9.97 Å². The van der Waals surface area contributed by atoms with Gasteiger partial charge in [-0.1, -0.05) is 17.7 Å². The minimum atomic E-state index is -0.603. The third kappa shape index (κ3) is 5.54. The fourth-order valence-electron chi connectivity index (χ4n) is 2.22. The van der Waals surface area contributed by atoms with E-state index in [1.807, 2.05) is 19.0 Å². The third-order valence-electron chi connectivity index (χ3n) is 3.50. The molecule has 24 heavy (non-hydrogen) atoms. The Bertz CT molecular complexity index is 646. The molecule has 0 aliphatic rings. The second-order valence-corrected chi connectivity index (χ2v) is 6.29. The van der Waals surface area contributed by atoms with Crippen LogP contribution in [-0.4, -0.2) is 59.0 Å². The van der Waals surface area contributed by atoms with Gasteiger partial charge in [0.1, 0.15) is 5.75 Å². The van der Waals surface area contributed by atoms with Crippen LogP contribution in [0.4, 0.5) is 0 Å². The lowest BCUT2D eigenvalue weighted by molar-refractivity contribution is -0.138. The maximum Gasteiger partial charge on any atom is 0.263 e. The highest BCUT2D eigenvalue weighted by atomic mass is 35.5. The lowest BCUT2D eigenvalue weighted by Crippen LogP contribution is -2.43. The number of halogens is 1. The molecule has 0 saturated heterocycles. The highest BCUT2D eigenvalue weighted by molar-refractivity contribution is 6.30. The van der Waals surface area contributed by atoms with E-state index in [0.717, 1.165) is 12.2 Å². The number of aromatic amines is 1. The zero-order chi connectivity index (χ0) is 17.5. The van der Waals surface area contributed by atoms with Gasteiger partial charge in [-0.15, -0.1) is 0 Å². The number of likely N-dealkylation sites (N-methyl/N-ethyl adjacent to an activating group) is 1. The van der Waals surface area contributed by atoms with Gasteiger partial charge >= 0.3 is 0 Å². The Kier molecular flexibility index (Phi) is 6.63. The van der Waals surface area contributed by atoms with Crippen LogP contribution in [0.5, 0.6) is 5.75 Å². The Balaban J connectivity index is 2.04. The molecule has 7 heteroatoms. The minimum Gasteiger partial charge on any atom is -0.481 e. The maximum absolute atomic E-state index is 12.8. The molecule has 2 aromatic rings. The van der Waals surface area contributed by atoms with Gasteiger partial charge in [-0.3, -0.25) is 4.79 Å². The number of amides is 1. The summed E-state index contributed by atoms with van der Waals surface area (Å²) in [5.74, 6) is 0.504. The van der Waals surface area contributed by atoms with Crippen LogP contribution in [0.25, 0.3) is 0 Å². The van der Waals surface area contributed by atoms with Crippen molar-refractivity contribution in [2.75, 3.05) is 27.2 Å². The van der Waals surface area contributed by atoms with Crippen LogP contribution in [0.3, 0.4) is 0 Å². The maximum atomic E-state index is 12.8. The number of carbonyl (C=O) groups is 1. The van der Waals surface area contributed by atoms with Crippen LogP contribution in [-0.2, 0) is 11.3 Å². The first-order valence-corrected chi connectivity index (χ1v) is 8.16. The number of hydrogen-bond donors (Lipinski definition) is 1. The predicted molar refractivity (Wildman–Crippen MR) is 94.1 cm³/mol. The highest BCUT2D eigenvalue weighted by Gasteiger charge is 2.23. The Morgan fingerprint density at radius 1 is 1.38 bits per heavy atom. The molecule has 1 aromatic heterocycles. The van der Waals surface area contributed by atoms with Crippen LogP contribution >= 0.6 is 11.6 Å². The first-order chi connectivity index (χ1) is 11.5. The number of H-pyrrole nitrogens is 1. The topological polar surface area (TPSA) is 61.5 Å². The Labute approximate surface area is 147 Å². The largest absolute Gasteiger partial charge is 0.481 e. The summed E-state index contributed by atoms with van der Waals surface area (Å²) < 4.78 is 5.75. The van der Waals surface area contributed by atoms with Crippen LogP contribution in [0.1, 0.15) is 12.6 Å². The van der Waals surface area contributed by atoms with Gasteiger partial charge in [0.2, 0.25) is 0 Å². The monoisotopic (exact) mass is 350 g/mol. The number of ether oxygens (including phenoxy) is 1. The summed E-state index contributed by atoms with van der Waals surface area (Å²) in [4.78, 5) is 23.6. The van der Waals surface area contributed by atoms with Crippen molar-refractivity contribution in [1.82, 2.24) is 19.8 Å². The van der Waals surface area contributed by atoms with Crippen LogP contribution in [0.15, 0.2) is 36.8 Å². The van der Waals surface area contributed by atoms with Gasteiger partial charge < -0.3 is 19.5 Å². The molecule has 1 N–H and O–H groups in total. The number of nitrogens with zero attached hydrogens (tertiary/aromatic N) is 3. The molecule has 0 saturated carbocycles. The van der Waals surface area contributed by atoms with Crippen LogP contribution < -0.4 is 4.74 Å². The average Bonchev–Trinajstić information content (AvgIpc) is 3.03. The molecular formula is C17H23ClN4O2. The van der Waals surface area contributed by atoms with E-state index in [0.29, 0.717) is 23.9 Å². The highest BCUT2D eigenvalue weighted by Crippen LogP contribution is 2.19. The molecule has 1 heterocycles. The van der Waals surface area contributed by atoms with E-state index in [4.69, 9.17) is 16.3 Å². The molecule has 0 aliphatic heterocycles. The third-order valence-corrected chi connectivity index (χ3v) is 3.74. The molecule has 1 atom stereocenters. The van der Waals surface area contributed by atoms with E-state index in [-0.39, 0.29) is 5.91 Å². The summed E-state index contributed by atoms with van der Waals surface area (Å²) in [6, 6.07) is 7.05. The standard InChI is InChI=1S/C17H23ClN4O2/c1-13(24-16-6-4-5-14(18)9-16)17(23)22(8-7-21(2)3)11-15-10-19-12-20-15/h4-6,9-10,12-13H,7-8,11H2,1-3H3,(H,19,20). The Morgan fingerprint density at radius 3 is 2.79 bits per heavy atom. The molecule has 0 spiro atoms. The number of nitrogens with one attached hydrogen (secondary N) is 1. The zero-order valence-electron chi connectivity index (χ0n) is 14.2. The van der Waals surface area contributed by atoms with Gasteiger partial charge in [0.25, 0.3) is 5.91 Å². The molecular weight excluding hydrogens is 328 g/mol. The number of hydrogen-bond acceptors (Lipinski definition) is 4. The summed E-state index contributed by atoms with van der Waals surface area (Å²) >= 11 is 5.96. The Morgan fingerprint density at radius 2 is 2.17 bits per heavy atom. The second-order valence-electron chi connectivity index (χ2n) is 5.86. The van der Waals surface area contributed by atoms with Crippen molar-refractivity contribution in [3.63, 3.8) is 0 Å². The number of benzene rings is 1. The van der Waals surface area contributed by atoms with Crippen molar-refractivity contribution in [1.29, 1.82) is 0 Å². The van der Waals surface area contributed by atoms with E-state index < -0.39 is 6.10 Å². The quantitative estimate of drug-likeness (QED) is 0.794. The molecule has 1 unspecified atom stereocenters. The van der Waals surface area contributed by atoms with E-state index in [9.17, 15) is 4.79 Å². The van der Waals surface area contributed by atoms with Crippen molar-refractivity contribution in [2.45, 2.75) is 19.6 Å². The van der Waals surface area contributed by atoms with Crippen LogP contribution in [0.2, 0.25) is 5.02 Å². The number of rotatable bonds is 8. The summed E-state index contributed by atoms with van der Waals surface area (Å²) in [6.07, 6.45) is 2.72. The molecule has 2 rings (SSSR count). The molecule has 130 valence electrons. The fraction of sp³-hybridized carbons (Fsp3) is 0.412. The number of imidazole rings is 1. The second kappa shape index (κ2) is 8.70. The minimum absolute atomic E-state index is 0.0774. The average molecular weight is 351 g/mol.